The molecule has 25 heavy (non-hydrogen) atoms. The minimum atomic E-state index is -0.280. The molecular weight excluding hydrogens is 320 g/mol. The summed E-state index contributed by atoms with van der Waals surface area (Å²) in [5.74, 6) is 0.561. The van der Waals surface area contributed by atoms with Gasteiger partial charge in [-0.25, -0.2) is 4.68 Å². The van der Waals surface area contributed by atoms with Crippen molar-refractivity contribution in [2.45, 2.75) is 0 Å². The number of para-hydroxylation sites is 1. The molecular formula is C18H20N4O3. The van der Waals surface area contributed by atoms with Crippen LogP contribution in [0.5, 0.6) is 0 Å². The first kappa shape index (κ1) is 16.9. The Morgan fingerprint density at radius 2 is 2.04 bits per heavy atom. The number of rotatable bonds is 8. The molecule has 7 heteroatoms. The molecule has 0 saturated heterocycles. The summed E-state index contributed by atoms with van der Waals surface area (Å²) in [5.41, 5.74) is 7.08. The summed E-state index contributed by atoms with van der Waals surface area (Å²) in [6, 6.07) is 13.2. The van der Waals surface area contributed by atoms with Crippen LogP contribution in [0.2, 0.25) is 0 Å². The van der Waals surface area contributed by atoms with Gasteiger partial charge in [-0.15, -0.1) is 0 Å². The van der Waals surface area contributed by atoms with Crippen molar-refractivity contribution in [1.82, 2.24) is 15.1 Å². The first-order valence-corrected chi connectivity index (χ1v) is 8.04. The molecule has 0 fully saturated rings. The monoisotopic (exact) mass is 340 g/mol. The fourth-order valence-corrected chi connectivity index (χ4v) is 2.30. The van der Waals surface area contributed by atoms with E-state index in [1.165, 1.54) is 0 Å². The standard InChI is InChI=1S/C18H20N4O3/c19-8-10-24-11-9-20-18(23)17-7-6-16(25-17)14-12-21-22(13-14)15-4-2-1-3-5-15/h1-7,12-13H,8-11,19H2,(H,20,23). The van der Waals surface area contributed by atoms with E-state index in [4.69, 9.17) is 14.9 Å². The number of amides is 1. The zero-order valence-electron chi connectivity index (χ0n) is 13.7. The van der Waals surface area contributed by atoms with Gasteiger partial charge in [-0.3, -0.25) is 4.79 Å². The molecule has 0 radical (unpaired) electrons. The highest BCUT2D eigenvalue weighted by molar-refractivity contribution is 5.92. The molecule has 130 valence electrons. The van der Waals surface area contributed by atoms with E-state index in [-0.39, 0.29) is 11.7 Å². The molecule has 1 aromatic carbocycles. The lowest BCUT2D eigenvalue weighted by molar-refractivity contribution is 0.0894. The summed E-state index contributed by atoms with van der Waals surface area (Å²) in [6.07, 6.45) is 3.56. The maximum Gasteiger partial charge on any atom is 0.287 e. The van der Waals surface area contributed by atoms with E-state index < -0.39 is 0 Å². The van der Waals surface area contributed by atoms with Crippen LogP contribution < -0.4 is 11.1 Å². The molecule has 7 nitrogen and oxygen atoms in total. The Labute approximate surface area is 145 Å². The van der Waals surface area contributed by atoms with Crippen LogP contribution in [-0.4, -0.2) is 42.0 Å². The average molecular weight is 340 g/mol. The largest absolute Gasteiger partial charge is 0.451 e. The molecule has 3 aromatic rings. The molecule has 3 rings (SSSR count). The Hall–Kier alpha value is -2.90. The Bertz CT molecular complexity index is 811. The molecule has 0 saturated carbocycles. The van der Waals surface area contributed by atoms with Crippen molar-refractivity contribution in [3.8, 4) is 17.0 Å². The Kier molecular flexibility index (Phi) is 5.61. The summed E-state index contributed by atoms with van der Waals surface area (Å²) >= 11 is 0. The molecule has 0 spiro atoms. The third-order valence-corrected chi connectivity index (χ3v) is 3.51. The van der Waals surface area contributed by atoms with Crippen molar-refractivity contribution in [2.24, 2.45) is 5.73 Å². The SMILES string of the molecule is NCCOCCNC(=O)c1ccc(-c2cnn(-c3ccccc3)c2)o1. The second kappa shape index (κ2) is 8.27. The molecule has 0 bridgehead atoms. The average Bonchev–Trinajstić information content (AvgIpc) is 3.31. The number of nitrogens with one attached hydrogen (secondary N) is 1. The molecule has 0 unspecified atom stereocenters. The molecule has 0 aliphatic rings. The van der Waals surface area contributed by atoms with Crippen molar-refractivity contribution in [1.29, 1.82) is 0 Å². The molecule has 0 atom stereocenters. The van der Waals surface area contributed by atoms with Crippen LogP contribution in [0.25, 0.3) is 17.0 Å². The van der Waals surface area contributed by atoms with Crippen LogP contribution in [0.15, 0.2) is 59.3 Å². The van der Waals surface area contributed by atoms with E-state index in [9.17, 15) is 4.79 Å². The van der Waals surface area contributed by atoms with Gasteiger partial charge in [0.2, 0.25) is 0 Å². The van der Waals surface area contributed by atoms with Crippen molar-refractivity contribution in [3.05, 3.63) is 60.6 Å². The van der Waals surface area contributed by atoms with Gasteiger partial charge < -0.3 is 20.2 Å². The number of benzene rings is 1. The van der Waals surface area contributed by atoms with Gasteiger partial charge in [0.1, 0.15) is 5.76 Å². The number of carbonyl (C=O) groups excluding carboxylic acids is 1. The smallest absolute Gasteiger partial charge is 0.287 e. The molecule has 0 aliphatic carbocycles. The lowest BCUT2D eigenvalue weighted by Gasteiger charge is -2.03. The van der Waals surface area contributed by atoms with Crippen LogP contribution in [0.4, 0.5) is 0 Å². The fraction of sp³-hybridized carbons (Fsp3) is 0.222. The molecule has 3 N–H and O–H groups in total. The van der Waals surface area contributed by atoms with Crippen molar-refractivity contribution < 1.29 is 13.9 Å². The third kappa shape index (κ3) is 4.34. The van der Waals surface area contributed by atoms with E-state index in [0.29, 0.717) is 32.1 Å². The number of furan rings is 1. The molecule has 0 aliphatic heterocycles. The maximum atomic E-state index is 12.0. The number of aromatic nitrogens is 2. The topological polar surface area (TPSA) is 95.3 Å². The second-order valence-corrected chi connectivity index (χ2v) is 5.33. The number of hydrogen-bond acceptors (Lipinski definition) is 5. The minimum Gasteiger partial charge on any atom is -0.451 e. The van der Waals surface area contributed by atoms with Crippen LogP contribution in [0.3, 0.4) is 0 Å². The van der Waals surface area contributed by atoms with Crippen LogP contribution in [0.1, 0.15) is 10.6 Å². The summed E-state index contributed by atoms with van der Waals surface area (Å²) < 4.78 is 12.6. The van der Waals surface area contributed by atoms with Gasteiger partial charge in [-0.2, -0.15) is 5.10 Å². The zero-order chi connectivity index (χ0) is 17.5. The van der Waals surface area contributed by atoms with E-state index in [1.807, 2.05) is 36.5 Å². The Balaban J connectivity index is 1.62. The lowest BCUT2D eigenvalue weighted by atomic mass is 10.3. The summed E-state index contributed by atoms with van der Waals surface area (Å²) in [7, 11) is 0. The van der Waals surface area contributed by atoms with Crippen LogP contribution >= 0.6 is 0 Å². The highest BCUT2D eigenvalue weighted by atomic mass is 16.5. The van der Waals surface area contributed by atoms with Gasteiger partial charge in [0.05, 0.1) is 30.7 Å². The molecule has 2 aromatic heterocycles. The number of ether oxygens (including phenoxy) is 1. The highest BCUT2D eigenvalue weighted by Crippen LogP contribution is 2.22. The Morgan fingerprint density at radius 1 is 1.20 bits per heavy atom. The van der Waals surface area contributed by atoms with Gasteiger partial charge in [-0.1, -0.05) is 18.2 Å². The van der Waals surface area contributed by atoms with E-state index in [2.05, 4.69) is 10.4 Å². The molecule has 1 amide bonds. The lowest BCUT2D eigenvalue weighted by Crippen LogP contribution is -2.27. The van der Waals surface area contributed by atoms with Gasteiger partial charge >= 0.3 is 0 Å². The Morgan fingerprint density at radius 3 is 2.84 bits per heavy atom. The fourth-order valence-electron chi connectivity index (χ4n) is 2.30. The van der Waals surface area contributed by atoms with E-state index >= 15 is 0 Å². The van der Waals surface area contributed by atoms with E-state index in [0.717, 1.165) is 11.3 Å². The summed E-state index contributed by atoms with van der Waals surface area (Å²) in [5, 5.41) is 7.06. The van der Waals surface area contributed by atoms with Crippen molar-refractivity contribution in [3.63, 3.8) is 0 Å². The van der Waals surface area contributed by atoms with Gasteiger partial charge in [0.15, 0.2) is 5.76 Å². The third-order valence-electron chi connectivity index (χ3n) is 3.51. The predicted octanol–water partition coefficient (Wildman–Crippen LogP) is 1.84. The van der Waals surface area contributed by atoms with Gasteiger partial charge in [-0.05, 0) is 24.3 Å². The van der Waals surface area contributed by atoms with Gasteiger partial charge in [0, 0.05) is 19.3 Å². The van der Waals surface area contributed by atoms with Crippen LogP contribution in [-0.2, 0) is 4.74 Å². The quantitative estimate of drug-likeness (QED) is 0.610. The number of hydrogen-bond donors (Lipinski definition) is 2. The van der Waals surface area contributed by atoms with Gasteiger partial charge in [0.25, 0.3) is 5.91 Å². The summed E-state index contributed by atoms with van der Waals surface area (Å²) in [6.45, 7) is 1.76. The zero-order valence-corrected chi connectivity index (χ0v) is 13.7. The highest BCUT2D eigenvalue weighted by Gasteiger charge is 2.13. The normalized spacial score (nSPS) is 10.8. The first-order chi connectivity index (χ1) is 12.3. The maximum absolute atomic E-state index is 12.0. The minimum absolute atomic E-state index is 0.251. The number of nitrogens with zero attached hydrogens (tertiary/aromatic N) is 2. The van der Waals surface area contributed by atoms with Crippen LogP contribution in [0, 0.1) is 0 Å². The number of carbonyl (C=O) groups is 1. The number of nitrogens with two attached hydrogens (primary N) is 1. The van der Waals surface area contributed by atoms with Crippen molar-refractivity contribution in [2.75, 3.05) is 26.3 Å². The molecule has 2 heterocycles. The first-order valence-electron chi connectivity index (χ1n) is 8.04. The predicted molar refractivity (Wildman–Crippen MR) is 93.5 cm³/mol. The second-order valence-electron chi connectivity index (χ2n) is 5.33. The van der Waals surface area contributed by atoms with E-state index in [1.54, 1.807) is 23.0 Å². The van der Waals surface area contributed by atoms with Crippen molar-refractivity contribution >= 4 is 5.91 Å². The summed E-state index contributed by atoms with van der Waals surface area (Å²) in [4.78, 5) is 12.0.